The molecule has 1 saturated carbocycles. The standard InChI is InChI=1S/C13H27NO/c1-4-10(2)12(14)13(15-3)11-8-6-5-7-9-11/h10-13H,4-9,14H2,1-3H3. The van der Waals surface area contributed by atoms with Gasteiger partial charge in [0.25, 0.3) is 0 Å². The van der Waals surface area contributed by atoms with E-state index in [1.807, 2.05) is 7.11 Å². The van der Waals surface area contributed by atoms with Gasteiger partial charge in [-0.05, 0) is 24.7 Å². The van der Waals surface area contributed by atoms with E-state index in [0.29, 0.717) is 11.8 Å². The third-order valence-corrected chi connectivity index (χ3v) is 4.07. The summed E-state index contributed by atoms with van der Waals surface area (Å²) < 4.78 is 5.65. The molecule has 0 radical (unpaired) electrons. The second-order valence-electron chi connectivity index (χ2n) is 5.06. The van der Waals surface area contributed by atoms with Crippen molar-refractivity contribution in [1.29, 1.82) is 0 Å². The molecule has 2 nitrogen and oxygen atoms in total. The number of methoxy groups -OCH3 is 1. The summed E-state index contributed by atoms with van der Waals surface area (Å²) in [6.07, 6.45) is 8.15. The fraction of sp³-hybridized carbons (Fsp3) is 1.00. The van der Waals surface area contributed by atoms with Crippen LogP contribution in [0, 0.1) is 11.8 Å². The van der Waals surface area contributed by atoms with Gasteiger partial charge in [0.05, 0.1) is 6.10 Å². The Hall–Kier alpha value is -0.0800. The summed E-state index contributed by atoms with van der Waals surface area (Å²) in [4.78, 5) is 0. The molecule has 0 bridgehead atoms. The molecule has 0 amide bonds. The first-order valence-corrected chi connectivity index (χ1v) is 6.49. The molecule has 3 atom stereocenters. The van der Waals surface area contributed by atoms with Crippen molar-refractivity contribution in [3.63, 3.8) is 0 Å². The van der Waals surface area contributed by atoms with E-state index in [4.69, 9.17) is 10.5 Å². The van der Waals surface area contributed by atoms with Crippen LogP contribution in [0.15, 0.2) is 0 Å². The van der Waals surface area contributed by atoms with Crippen LogP contribution in [0.25, 0.3) is 0 Å². The molecule has 0 aromatic carbocycles. The van der Waals surface area contributed by atoms with E-state index in [1.54, 1.807) is 0 Å². The van der Waals surface area contributed by atoms with Crippen molar-refractivity contribution >= 4 is 0 Å². The van der Waals surface area contributed by atoms with E-state index in [-0.39, 0.29) is 12.1 Å². The molecule has 1 aliphatic carbocycles. The molecule has 0 aromatic rings. The predicted octanol–water partition coefficient (Wildman–Crippen LogP) is 2.96. The van der Waals surface area contributed by atoms with Crippen LogP contribution in [0.2, 0.25) is 0 Å². The topological polar surface area (TPSA) is 35.2 Å². The number of hydrogen-bond donors (Lipinski definition) is 1. The monoisotopic (exact) mass is 213 g/mol. The molecule has 2 N–H and O–H groups in total. The van der Waals surface area contributed by atoms with E-state index >= 15 is 0 Å². The van der Waals surface area contributed by atoms with Gasteiger partial charge in [0, 0.05) is 13.2 Å². The molecule has 0 aliphatic heterocycles. The Labute approximate surface area is 94.6 Å². The van der Waals surface area contributed by atoms with E-state index in [9.17, 15) is 0 Å². The number of hydrogen-bond acceptors (Lipinski definition) is 2. The van der Waals surface area contributed by atoms with Gasteiger partial charge in [0.2, 0.25) is 0 Å². The fourth-order valence-electron chi connectivity index (χ4n) is 2.72. The molecule has 15 heavy (non-hydrogen) atoms. The lowest BCUT2D eigenvalue weighted by Crippen LogP contribution is -2.46. The Morgan fingerprint density at radius 1 is 1.27 bits per heavy atom. The lowest BCUT2D eigenvalue weighted by atomic mass is 9.79. The van der Waals surface area contributed by atoms with Crippen molar-refractivity contribution in [3.05, 3.63) is 0 Å². The first-order valence-electron chi connectivity index (χ1n) is 6.49. The maximum Gasteiger partial charge on any atom is 0.0752 e. The Morgan fingerprint density at radius 2 is 1.87 bits per heavy atom. The van der Waals surface area contributed by atoms with Gasteiger partial charge < -0.3 is 10.5 Å². The molecule has 1 rings (SSSR count). The van der Waals surface area contributed by atoms with Gasteiger partial charge in [-0.2, -0.15) is 0 Å². The number of nitrogens with two attached hydrogens (primary N) is 1. The van der Waals surface area contributed by atoms with Crippen molar-refractivity contribution in [2.45, 2.75) is 64.5 Å². The van der Waals surface area contributed by atoms with Crippen LogP contribution < -0.4 is 5.73 Å². The summed E-state index contributed by atoms with van der Waals surface area (Å²) in [5.74, 6) is 1.27. The highest BCUT2D eigenvalue weighted by Gasteiger charge is 2.30. The minimum atomic E-state index is 0.211. The first-order chi connectivity index (χ1) is 7.20. The minimum absolute atomic E-state index is 0.211. The Balaban J connectivity index is 2.52. The van der Waals surface area contributed by atoms with E-state index in [2.05, 4.69) is 13.8 Å². The van der Waals surface area contributed by atoms with Crippen LogP contribution in [0.5, 0.6) is 0 Å². The zero-order valence-electron chi connectivity index (χ0n) is 10.5. The maximum absolute atomic E-state index is 6.29. The number of ether oxygens (including phenoxy) is 1. The van der Waals surface area contributed by atoms with E-state index < -0.39 is 0 Å². The minimum Gasteiger partial charge on any atom is -0.380 e. The quantitative estimate of drug-likeness (QED) is 0.762. The zero-order valence-corrected chi connectivity index (χ0v) is 10.5. The highest BCUT2D eigenvalue weighted by atomic mass is 16.5. The molecule has 1 fully saturated rings. The Morgan fingerprint density at radius 3 is 2.33 bits per heavy atom. The summed E-state index contributed by atoms with van der Waals surface area (Å²) in [5, 5.41) is 0. The van der Waals surface area contributed by atoms with Gasteiger partial charge in [0.15, 0.2) is 0 Å². The second kappa shape index (κ2) is 6.49. The van der Waals surface area contributed by atoms with Gasteiger partial charge in [-0.1, -0.05) is 39.5 Å². The summed E-state index contributed by atoms with van der Waals surface area (Å²) in [5.41, 5.74) is 6.29. The average Bonchev–Trinajstić information content (AvgIpc) is 2.30. The molecule has 0 heterocycles. The first kappa shape index (κ1) is 13.0. The molecule has 0 spiro atoms. The van der Waals surface area contributed by atoms with Crippen LogP contribution in [-0.2, 0) is 4.74 Å². The van der Waals surface area contributed by atoms with Crippen LogP contribution >= 0.6 is 0 Å². The van der Waals surface area contributed by atoms with Crippen LogP contribution in [0.3, 0.4) is 0 Å². The van der Waals surface area contributed by atoms with Crippen molar-refractivity contribution in [2.75, 3.05) is 7.11 Å². The van der Waals surface area contributed by atoms with Crippen LogP contribution in [0.1, 0.15) is 52.4 Å². The third kappa shape index (κ3) is 3.46. The van der Waals surface area contributed by atoms with Crippen molar-refractivity contribution in [3.8, 4) is 0 Å². The van der Waals surface area contributed by atoms with E-state index in [0.717, 1.165) is 6.42 Å². The normalized spacial score (nSPS) is 24.8. The Bertz CT molecular complexity index is 164. The van der Waals surface area contributed by atoms with Crippen LogP contribution in [0.4, 0.5) is 0 Å². The highest BCUT2D eigenvalue weighted by Crippen LogP contribution is 2.30. The predicted molar refractivity (Wildman–Crippen MR) is 64.8 cm³/mol. The van der Waals surface area contributed by atoms with Crippen molar-refractivity contribution in [1.82, 2.24) is 0 Å². The largest absolute Gasteiger partial charge is 0.380 e. The van der Waals surface area contributed by atoms with Crippen LogP contribution in [-0.4, -0.2) is 19.3 Å². The van der Waals surface area contributed by atoms with Gasteiger partial charge in [0.1, 0.15) is 0 Å². The summed E-state index contributed by atoms with van der Waals surface area (Å²) in [6, 6.07) is 0.211. The smallest absolute Gasteiger partial charge is 0.0752 e. The SMILES string of the molecule is CCC(C)C(N)C(OC)C1CCCCC1. The molecular weight excluding hydrogens is 186 g/mol. The van der Waals surface area contributed by atoms with Gasteiger partial charge in [-0.25, -0.2) is 0 Å². The second-order valence-corrected chi connectivity index (χ2v) is 5.06. The van der Waals surface area contributed by atoms with Gasteiger partial charge >= 0.3 is 0 Å². The van der Waals surface area contributed by atoms with Gasteiger partial charge in [-0.15, -0.1) is 0 Å². The summed E-state index contributed by atoms with van der Waals surface area (Å²) in [7, 11) is 1.82. The molecule has 2 heteroatoms. The highest BCUT2D eigenvalue weighted by molar-refractivity contribution is 4.85. The lowest BCUT2D eigenvalue weighted by Gasteiger charge is -2.35. The van der Waals surface area contributed by atoms with Crippen molar-refractivity contribution in [2.24, 2.45) is 17.6 Å². The summed E-state index contributed by atoms with van der Waals surface area (Å²) in [6.45, 7) is 4.44. The molecule has 0 saturated heterocycles. The Kier molecular flexibility index (Phi) is 5.62. The maximum atomic E-state index is 6.29. The van der Waals surface area contributed by atoms with Gasteiger partial charge in [-0.3, -0.25) is 0 Å². The molecular formula is C13H27NO. The lowest BCUT2D eigenvalue weighted by molar-refractivity contribution is 0.00489. The average molecular weight is 213 g/mol. The van der Waals surface area contributed by atoms with E-state index in [1.165, 1.54) is 32.1 Å². The molecule has 1 aliphatic rings. The fourth-order valence-corrected chi connectivity index (χ4v) is 2.72. The zero-order chi connectivity index (χ0) is 11.3. The molecule has 3 unspecified atom stereocenters. The molecule has 90 valence electrons. The summed E-state index contributed by atoms with van der Waals surface area (Å²) >= 11 is 0. The molecule has 0 aromatic heterocycles. The third-order valence-electron chi connectivity index (χ3n) is 4.07. The number of rotatable bonds is 5. The van der Waals surface area contributed by atoms with Crippen molar-refractivity contribution < 1.29 is 4.74 Å².